The van der Waals surface area contributed by atoms with Crippen molar-refractivity contribution in [2.24, 2.45) is 11.1 Å². The summed E-state index contributed by atoms with van der Waals surface area (Å²) < 4.78 is 0. The number of aryl methyl sites for hydroxylation is 2. The largest absolute Gasteiger partial charge is 0.354 e. The molecule has 0 unspecified atom stereocenters. The average molecular weight is 236 g/mol. The number of anilines is 1. The summed E-state index contributed by atoms with van der Waals surface area (Å²) in [6.07, 6.45) is 2.13. The van der Waals surface area contributed by atoms with Crippen LogP contribution in [0.25, 0.3) is 0 Å². The van der Waals surface area contributed by atoms with Crippen LogP contribution < -0.4 is 11.1 Å². The maximum Gasteiger partial charge on any atom is 0.223 e. The van der Waals surface area contributed by atoms with Crippen LogP contribution in [0.1, 0.15) is 38.1 Å². The summed E-state index contributed by atoms with van der Waals surface area (Å²) in [5.74, 6) is 0.710. The van der Waals surface area contributed by atoms with Crippen molar-refractivity contribution in [1.82, 2.24) is 9.97 Å². The van der Waals surface area contributed by atoms with E-state index in [2.05, 4.69) is 29.1 Å². The Kier molecular flexibility index (Phi) is 4.87. The number of rotatable bonds is 6. The van der Waals surface area contributed by atoms with Gasteiger partial charge in [0.15, 0.2) is 0 Å². The van der Waals surface area contributed by atoms with Gasteiger partial charge in [-0.3, -0.25) is 0 Å². The Morgan fingerprint density at radius 1 is 1.18 bits per heavy atom. The van der Waals surface area contributed by atoms with Crippen molar-refractivity contribution >= 4 is 5.95 Å². The number of hydrogen-bond donors (Lipinski definition) is 2. The molecule has 0 saturated heterocycles. The van der Waals surface area contributed by atoms with Gasteiger partial charge in [0, 0.05) is 17.9 Å². The van der Waals surface area contributed by atoms with Gasteiger partial charge in [0.1, 0.15) is 0 Å². The van der Waals surface area contributed by atoms with E-state index in [0.29, 0.717) is 12.5 Å². The zero-order chi connectivity index (χ0) is 12.9. The molecule has 1 aromatic rings. The zero-order valence-electron chi connectivity index (χ0n) is 11.4. The quantitative estimate of drug-likeness (QED) is 0.795. The molecular formula is C13H24N4. The highest BCUT2D eigenvalue weighted by Gasteiger charge is 2.24. The molecule has 4 heteroatoms. The van der Waals surface area contributed by atoms with Crippen LogP contribution in [0.4, 0.5) is 5.95 Å². The summed E-state index contributed by atoms with van der Waals surface area (Å²) in [5, 5.41) is 3.32. The number of hydrogen-bond acceptors (Lipinski definition) is 4. The first-order valence-corrected chi connectivity index (χ1v) is 6.31. The molecule has 4 nitrogen and oxygen atoms in total. The first kappa shape index (κ1) is 13.9. The van der Waals surface area contributed by atoms with E-state index < -0.39 is 0 Å². The Morgan fingerprint density at radius 2 is 1.71 bits per heavy atom. The molecule has 0 aliphatic carbocycles. The normalized spacial score (nSPS) is 11.6. The molecule has 1 rings (SSSR count). The van der Waals surface area contributed by atoms with Crippen molar-refractivity contribution in [1.29, 1.82) is 0 Å². The van der Waals surface area contributed by atoms with Gasteiger partial charge in [-0.25, -0.2) is 9.97 Å². The minimum Gasteiger partial charge on any atom is -0.354 e. The van der Waals surface area contributed by atoms with Gasteiger partial charge in [0.2, 0.25) is 5.95 Å². The van der Waals surface area contributed by atoms with Gasteiger partial charge in [-0.1, -0.05) is 13.8 Å². The molecule has 0 atom stereocenters. The summed E-state index contributed by atoms with van der Waals surface area (Å²) >= 11 is 0. The van der Waals surface area contributed by atoms with E-state index in [9.17, 15) is 0 Å². The van der Waals surface area contributed by atoms with Crippen molar-refractivity contribution in [3.63, 3.8) is 0 Å². The lowest BCUT2D eigenvalue weighted by Crippen LogP contribution is -2.36. The number of aromatic nitrogens is 2. The third-order valence-corrected chi connectivity index (χ3v) is 3.54. The van der Waals surface area contributed by atoms with Gasteiger partial charge >= 0.3 is 0 Å². The van der Waals surface area contributed by atoms with E-state index in [1.165, 1.54) is 0 Å². The monoisotopic (exact) mass is 236 g/mol. The van der Waals surface area contributed by atoms with Crippen LogP contribution in [-0.2, 0) is 0 Å². The SMILES string of the molecule is CCC(CC)(CN)CNc1nc(C)cc(C)n1. The lowest BCUT2D eigenvalue weighted by molar-refractivity contribution is 0.294. The summed E-state index contributed by atoms with van der Waals surface area (Å²) in [4.78, 5) is 8.75. The Labute approximate surface area is 104 Å². The van der Waals surface area contributed by atoms with Crippen LogP contribution in [0, 0.1) is 19.3 Å². The molecule has 1 aromatic heterocycles. The van der Waals surface area contributed by atoms with Crippen LogP contribution >= 0.6 is 0 Å². The maximum absolute atomic E-state index is 5.87. The molecule has 0 amide bonds. The molecule has 0 aliphatic heterocycles. The first-order valence-electron chi connectivity index (χ1n) is 6.31. The third-order valence-electron chi connectivity index (χ3n) is 3.54. The zero-order valence-corrected chi connectivity index (χ0v) is 11.4. The highest BCUT2D eigenvalue weighted by atomic mass is 15.1. The lowest BCUT2D eigenvalue weighted by Gasteiger charge is -2.30. The third kappa shape index (κ3) is 3.66. The fourth-order valence-electron chi connectivity index (χ4n) is 1.93. The second-order valence-electron chi connectivity index (χ2n) is 4.74. The fraction of sp³-hybridized carbons (Fsp3) is 0.692. The highest BCUT2D eigenvalue weighted by molar-refractivity contribution is 5.28. The molecule has 0 bridgehead atoms. The Hall–Kier alpha value is -1.16. The highest BCUT2D eigenvalue weighted by Crippen LogP contribution is 2.24. The first-order chi connectivity index (χ1) is 8.05. The summed E-state index contributed by atoms with van der Waals surface area (Å²) in [6, 6.07) is 1.97. The predicted molar refractivity (Wildman–Crippen MR) is 72.1 cm³/mol. The van der Waals surface area contributed by atoms with E-state index in [-0.39, 0.29) is 5.41 Å². The maximum atomic E-state index is 5.87. The van der Waals surface area contributed by atoms with E-state index in [0.717, 1.165) is 30.8 Å². The molecular weight excluding hydrogens is 212 g/mol. The second-order valence-corrected chi connectivity index (χ2v) is 4.74. The van der Waals surface area contributed by atoms with Crippen LogP contribution in [0.3, 0.4) is 0 Å². The van der Waals surface area contributed by atoms with Crippen LogP contribution in [0.5, 0.6) is 0 Å². The smallest absolute Gasteiger partial charge is 0.223 e. The molecule has 0 fully saturated rings. The van der Waals surface area contributed by atoms with Crippen molar-refractivity contribution in [2.45, 2.75) is 40.5 Å². The standard InChI is InChI=1S/C13H24N4/c1-5-13(6-2,8-14)9-15-12-16-10(3)7-11(4)17-12/h7H,5-6,8-9,14H2,1-4H3,(H,15,16,17). The van der Waals surface area contributed by atoms with Crippen LogP contribution in [0.2, 0.25) is 0 Å². The van der Waals surface area contributed by atoms with Gasteiger partial charge in [-0.05, 0) is 44.7 Å². The summed E-state index contributed by atoms with van der Waals surface area (Å²) in [7, 11) is 0. The predicted octanol–water partition coefficient (Wildman–Crippen LogP) is 2.27. The Morgan fingerprint density at radius 3 is 2.12 bits per heavy atom. The minimum absolute atomic E-state index is 0.154. The van der Waals surface area contributed by atoms with Crippen molar-refractivity contribution in [2.75, 3.05) is 18.4 Å². The lowest BCUT2D eigenvalue weighted by atomic mass is 9.82. The summed E-state index contributed by atoms with van der Waals surface area (Å²) in [6.45, 7) is 9.85. The van der Waals surface area contributed by atoms with E-state index in [4.69, 9.17) is 5.73 Å². The Balaban J connectivity index is 2.71. The van der Waals surface area contributed by atoms with E-state index >= 15 is 0 Å². The van der Waals surface area contributed by atoms with Crippen molar-refractivity contribution in [3.8, 4) is 0 Å². The fourth-order valence-corrected chi connectivity index (χ4v) is 1.93. The molecule has 1 heterocycles. The molecule has 96 valence electrons. The topological polar surface area (TPSA) is 63.8 Å². The van der Waals surface area contributed by atoms with Gasteiger partial charge in [0.05, 0.1) is 0 Å². The molecule has 0 saturated carbocycles. The van der Waals surface area contributed by atoms with Crippen LogP contribution in [-0.4, -0.2) is 23.1 Å². The molecule has 0 aromatic carbocycles. The van der Waals surface area contributed by atoms with Gasteiger partial charge in [0.25, 0.3) is 0 Å². The van der Waals surface area contributed by atoms with Crippen LogP contribution in [0.15, 0.2) is 6.07 Å². The molecule has 0 spiro atoms. The number of nitrogens with one attached hydrogen (secondary N) is 1. The molecule has 0 radical (unpaired) electrons. The molecule has 0 aliphatic rings. The summed E-state index contributed by atoms with van der Waals surface area (Å²) in [5.41, 5.74) is 8.01. The van der Waals surface area contributed by atoms with Gasteiger partial charge in [-0.15, -0.1) is 0 Å². The minimum atomic E-state index is 0.154. The van der Waals surface area contributed by atoms with Crippen molar-refractivity contribution in [3.05, 3.63) is 17.5 Å². The van der Waals surface area contributed by atoms with Gasteiger partial charge in [-0.2, -0.15) is 0 Å². The van der Waals surface area contributed by atoms with E-state index in [1.807, 2.05) is 19.9 Å². The second kappa shape index (κ2) is 5.96. The number of nitrogens with two attached hydrogens (primary N) is 1. The van der Waals surface area contributed by atoms with Gasteiger partial charge < -0.3 is 11.1 Å². The molecule has 17 heavy (non-hydrogen) atoms. The van der Waals surface area contributed by atoms with Crippen molar-refractivity contribution < 1.29 is 0 Å². The number of nitrogens with zero attached hydrogens (tertiary/aromatic N) is 2. The van der Waals surface area contributed by atoms with E-state index in [1.54, 1.807) is 0 Å². The average Bonchev–Trinajstić information content (AvgIpc) is 2.30. The molecule has 3 N–H and O–H groups in total. The Bertz CT molecular complexity index is 330.